The molecule has 1 fully saturated rings. The third-order valence-electron chi connectivity index (χ3n) is 2.25. The van der Waals surface area contributed by atoms with Crippen LogP contribution in [-0.4, -0.2) is 6.54 Å². The van der Waals surface area contributed by atoms with E-state index in [1.54, 1.807) is 0 Å². The van der Waals surface area contributed by atoms with Crippen LogP contribution in [-0.2, 0) is 0 Å². The summed E-state index contributed by atoms with van der Waals surface area (Å²) in [5, 5.41) is 3.96. The largest absolute Gasteiger partial charge is 0.398 e. The minimum Gasteiger partial charge on any atom is -0.398 e. The summed E-state index contributed by atoms with van der Waals surface area (Å²) in [6.07, 6.45) is 1.19. The molecule has 1 saturated heterocycles. The van der Waals surface area contributed by atoms with Gasteiger partial charge in [0.1, 0.15) is 0 Å². The average Bonchev–Trinajstić information content (AvgIpc) is 1.93. The summed E-state index contributed by atoms with van der Waals surface area (Å²) in [5.74, 6) is 0. The summed E-state index contributed by atoms with van der Waals surface area (Å²) >= 11 is 5.89. The summed E-state index contributed by atoms with van der Waals surface area (Å²) in [7, 11) is 0. The number of nitrogens with one attached hydrogen (secondary N) is 1. The van der Waals surface area contributed by atoms with Crippen LogP contribution in [0, 0.1) is 0 Å². The van der Waals surface area contributed by atoms with Crippen molar-refractivity contribution in [1.82, 2.24) is 5.32 Å². The van der Waals surface area contributed by atoms with Crippen molar-refractivity contribution in [2.45, 2.75) is 12.5 Å². The first kappa shape index (κ1) is 7.90. The molecular formula is C9H11ClN2. The van der Waals surface area contributed by atoms with Gasteiger partial charge in [0.05, 0.1) is 10.7 Å². The van der Waals surface area contributed by atoms with E-state index in [1.165, 1.54) is 12.0 Å². The second-order valence-electron chi connectivity index (χ2n) is 3.08. The van der Waals surface area contributed by atoms with Gasteiger partial charge in [-0.3, -0.25) is 0 Å². The molecule has 0 aliphatic carbocycles. The fourth-order valence-corrected chi connectivity index (χ4v) is 1.52. The minimum atomic E-state index is 0.489. The normalized spacial score (nSPS) is 21.9. The summed E-state index contributed by atoms with van der Waals surface area (Å²) in [6, 6.07) is 6.31. The molecular weight excluding hydrogens is 172 g/mol. The Morgan fingerprint density at radius 3 is 2.75 bits per heavy atom. The predicted octanol–water partition coefficient (Wildman–Crippen LogP) is 1.96. The van der Waals surface area contributed by atoms with Gasteiger partial charge in [-0.05, 0) is 30.7 Å². The van der Waals surface area contributed by atoms with E-state index in [-0.39, 0.29) is 0 Å². The maximum atomic E-state index is 5.89. The fraction of sp³-hybridized carbons (Fsp3) is 0.333. The minimum absolute atomic E-state index is 0.489. The van der Waals surface area contributed by atoms with Gasteiger partial charge in [0.2, 0.25) is 0 Å². The van der Waals surface area contributed by atoms with E-state index in [2.05, 4.69) is 5.32 Å². The molecule has 0 saturated carbocycles. The molecule has 1 aromatic carbocycles. The van der Waals surface area contributed by atoms with Crippen molar-refractivity contribution >= 4 is 17.3 Å². The van der Waals surface area contributed by atoms with Gasteiger partial charge in [0, 0.05) is 6.04 Å². The van der Waals surface area contributed by atoms with Crippen molar-refractivity contribution in [2.75, 3.05) is 12.3 Å². The van der Waals surface area contributed by atoms with Crippen molar-refractivity contribution in [2.24, 2.45) is 0 Å². The SMILES string of the molecule is Nc1ccc([C@H]2CCN2)cc1Cl. The Morgan fingerprint density at radius 1 is 1.50 bits per heavy atom. The third-order valence-corrected chi connectivity index (χ3v) is 2.58. The molecule has 1 atom stereocenters. The van der Waals surface area contributed by atoms with Crippen LogP contribution >= 0.6 is 11.6 Å². The standard InChI is InChI=1S/C9H11ClN2/c10-7-5-6(1-2-8(7)11)9-3-4-12-9/h1-2,5,9,12H,3-4,11H2/t9-/m1/s1. The van der Waals surface area contributed by atoms with Crippen molar-refractivity contribution < 1.29 is 0 Å². The fourth-order valence-electron chi connectivity index (χ4n) is 1.33. The highest BCUT2D eigenvalue weighted by atomic mass is 35.5. The quantitative estimate of drug-likeness (QED) is 0.652. The van der Waals surface area contributed by atoms with Crippen molar-refractivity contribution in [3.05, 3.63) is 28.8 Å². The molecule has 1 aliphatic heterocycles. The summed E-state index contributed by atoms with van der Waals surface area (Å²) < 4.78 is 0. The summed E-state index contributed by atoms with van der Waals surface area (Å²) in [6.45, 7) is 1.10. The Labute approximate surface area is 76.7 Å². The first-order chi connectivity index (χ1) is 5.77. The highest BCUT2D eigenvalue weighted by Crippen LogP contribution is 2.27. The van der Waals surface area contributed by atoms with E-state index < -0.39 is 0 Å². The first-order valence-electron chi connectivity index (χ1n) is 4.05. The van der Waals surface area contributed by atoms with Crippen molar-refractivity contribution in [1.29, 1.82) is 0 Å². The van der Waals surface area contributed by atoms with Crippen molar-refractivity contribution in [3.8, 4) is 0 Å². The predicted molar refractivity (Wildman–Crippen MR) is 51.2 cm³/mol. The monoisotopic (exact) mass is 182 g/mol. The molecule has 2 rings (SSSR count). The Kier molecular flexibility index (Phi) is 1.95. The molecule has 0 amide bonds. The van der Waals surface area contributed by atoms with Gasteiger partial charge in [-0.1, -0.05) is 17.7 Å². The van der Waals surface area contributed by atoms with Crippen LogP contribution < -0.4 is 11.1 Å². The lowest BCUT2D eigenvalue weighted by Gasteiger charge is -2.28. The smallest absolute Gasteiger partial charge is 0.0638 e. The number of nitrogens with two attached hydrogens (primary N) is 1. The zero-order chi connectivity index (χ0) is 8.55. The van der Waals surface area contributed by atoms with Gasteiger partial charge in [-0.2, -0.15) is 0 Å². The molecule has 12 heavy (non-hydrogen) atoms. The number of rotatable bonds is 1. The summed E-state index contributed by atoms with van der Waals surface area (Å²) in [5.41, 5.74) is 7.49. The third kappa shape index (κ3) is 1.28. The van der Waals surface area contributed by atoms with Gasteiger partial charge in [-0.15, -0.1) is 0 Å². The zero-order valence-corrected chi connectivity index (χ0v) is 7.43. The molecule has 0 aromatic heterocycles. The van der Waals surface area contributed by atoms with Crippen LogP contribution in [0.3, 0.4) is 0 Å². The van der Waals surface area contributed by atoms with Crippen LogP contribution in [0.25, 0.3) is 0 Å². The Hall–Kier alpha value is -0.730. The lowest BCUT2D eigenvalue weighted by atomic mass is 9.98. The Bertz CT molecular complexity index is 295. The zero-order valence-electron chi connectivity index (χ0n) is 6.68. The molecule has 1 aromatic rings. The van der Waals surface area contributed by atoms with Gasteiger partial charge in [0.15, 0.2) is 0 Å². The van der Waals surface area contributed by atoms with Crippen LogP contribution in [0.4, 0.5) is 5.69 Å². The molecule has 0 spiro atoms. The maximum absolute atomic E-state index is 5.89. The number of nitrogen functional groups attached to an aromatic ring is 1. The number of anilines is 1. The molecule has 1 heterocycles. The van der Waals surface area contributed by atoms with E-state index in [0.717, 1.165) is 6.54 Å². The molecule has 64 valence electrons. The number of hydrogen-bond acceptors (Lipinski definition) is 2. The van der Waals surface area contributed by atoms with E-state index in [0.29, 0.717) is 16.8 Å². The number of benzene rings is 1. The van der Waals surface area contributed by atoms with Gasteiger partial charge in [0.25, 0.3) is 0 Å². The van der Waals surface area contributed by atoms with E-state index >= 15 is 0 Å². The topological polar surface area (TPSA) is 38.0 Å². The number of halogens is 1. The molecule has 0 bridgehead atoms. The lowest BCUT2D eigenvalue weighted by Crippen LogP contribution is -2.34. The maximum Gasteiger partial charge on any atom is 0.0638 e. The first-order valence-corrected chi connectivity index (χ1v) is 4.43. The molecule has 1 aliphatic rings. The van der Waals surface area contributed by atoms with Crippen LogP contribution in [0.2, 0.25) is 5.02 Å². The van der Waals surface area contributed by atoms with Gasteiger partial charge in [-0.25, -0.2) is 0 Å². The molecule has 2 nitrogen and oxygen atoms in total. The molecule has 0 radical (unpaired) electrons. The van der Waals surface area contributed by atoms with Crippen LogP contribution in [0.15, 0.2) is 18.2 Å². The average molecular weight is 183 g/mol. The van der Waals surface area contributed by atoms with E-state index in [9.17, 15) is 0 Å². The molecule has 3 N–H and O–H groups in total. The highest BCUT2D eigenvalue weighted by Gasteiger charge is 2.18. The van der Waals surface area contributed by atoms with Crippen molar-refractivity contribution in [3.63, 3.8) is 0 Å². The molecule has 0 unspecified atom stereocenters. The second-order valence-corrected chi connectivity index (χ2v) is 3.48. The van der Waals surface area contributed by atoms with E-state index in [1.807, 2.05) is 18.2 Å². The molecule has 3 heteroatoms. The Morgan fingerprint density at radius 2 is 2.25 bits per heavy atom. The lowest BCUT2D eigenvalue weighted by molar-refractivity contribution is 0.383. The summed E-state index contributed by atoms with van der Waals surface area (Å²) in [4.78, 5) is 0. The highest BCUT2D eigenvalue weighted by molar-refractivity contribution is 6.33. The van der Waals surface area contributed by atoms with Gasteiger partial charge >= 0.3 is 0 Å². The van der Waals surface area contributed by atoms with Crippen LogP contribution in [0.5, 0.6) is 0 Å². The van der Waals surface area contributed by atoms with Gasteiger partial charge < -0.3 is 11.1 Å². The Balaban J connectivity index is 2.27. The van der Waals surface area contributed by atoms with Crippen LogP contribution in [0.1, 0.15) is 18.0 Å². The van der Waals surface area contributed by atoms with E-state index in [4.69, 9.17) is 17.3 Å². The number of hydrogen-bond donors (Lipinski definition) is 2. The second kappa shape index (κ2) is 2.96.